The van der Waals surface area contributed by atoms with Crippen LogP contribution in [-0.4, -0.2) is 25.2 Å². The molecule has 0 spiro atoms. The summed E-state index contributed by atoms with van der Waals surface area (Å²) in [5.41, 5.74) is 1.06. The van der Waals surface area contributed by atoms with Crippen molar-refractivity contribution < 1.29 is 14.3 Å². The van der Waals surface area contributed by atoms with E-state index in [9.17, 15) is 4.79 Å². The number of pyridine rings is 1. The first kappa shape index (κ1) is 11.7. The zero-order valence-corrected chi connectivity index (χ0v) is 10.1. The lowest BCUT2D eigenvalue weighted by Crippen LogP contribution is -2.04. The Bertz CT molecular complexity index is 583. The molecule has 0 fully saturated rings. The molecule has 0 aliphatic heterocycles. The van der Waals surface area contributed by atoms with Crippen molar-refractivity contribution in [1.82, 2.24) is 4.98 Å². The van der Waals surface area contributed by atoms with Crippen LogP contribution in [0.25, 0.3) is 10.9 Å². The van der Waals surface area contributed by atoms with E-state index in [1.165, 1.54) is 14.2 Å². The van der Waals surface area contributed by atoms with Gasteiger partial charge in [0.05, 0.1) is 24.8 Å². The minimum absolute atomic E-state index is 0.353. The maximum absolute atomic E-state index is 11.6. The van der Waals surface area contributed by atoms with E-state index in [0.29, 0.717) is 21.9 Å². The first-order valence-corrected chi connectivity index (χ1v) is 5.25. The first-order chi connectivity index (χ1) is 8.15. The molecule has 0 amide bonds. The van der Waals surface area contributed by atoms with Gasteiger partial charge in [0, 0.05) is 17.6 Å². The number of fused-ring (bicyclic) bond motifs is 1. The highest BCUT2D eigenvalue weighted by Crippen LogP contribution is 2.26. The SMILES string of the molecule is COC(=O)c1cc2cc(Cl)cnc2cc1OC. The Morgan fingerprint density at radius 3 is 2.71 bits per heavy atom. The van der Waals surface area contributed by atoms with Crippen molar-refractivity contribution in [3.63, 3.8) is 0 Å². The van der Waals surface area contributed by atoms with Gasteiger partial charge in [0.2, 0.25) is 0 Å². The minimum atomic E-state index is -0.455. The van der Waals surface area contributed by atoms with Crippen LogP contribution in [-0.2, 0) is 4.74 Å². The molecule has 4 nitrogen and oxygen atoms in total. The number of carbonyl (C=O) groups excluding carboxylic acids is 1. The van der Waals surface area contributed by atoms with Crippen molar-refractivity contribution in [1.29, 1.82) is 0 Å². The van der Waals surface area contributed by atoms with Gasteiger partial charge in [0.25, 0.3) is 0 Å². The lowest BCUT2D eigenvalue weighted by molar-refractivity contribution is 0.0597. The fraction of sp³-hybridized carbons (Fsp3) is 0.167. The molecule has 2 aromatic rings. The molecule has 1 heterocycles. The quantitative estimate of drug-likeness (QED) is 0.770. The zero-order chi connectivity index (χ0) is 12.4. The maximum atomic E-state index is 11.6. The monoisotopic (exact) mass is 251 g/mol. The number of halogens is 1. The van der Waals surface area contributed by atoms with Crippen molar-refractivity contribution in [2.45, 2.75) is 0 Å². The predicted octanol–water partition coefficient (Wildman–Crippen LogP) is 2.68. The van der Waals surface area contributed by atoms with Gasteiger partial charge in [-0.25, -0.2) is 4.79 Å². The van der Waals surface area contributed by atoms with Gasteiger partial charge >= 0.3 is 5.97 Å². The average Bonchev–Trinajstić information content (AvgIpc) is 2.36. The zero-order valence-electron chi connectivity index (χ0n) is 9.36. The standard InChI is InChI=1S/C12H10ClNO3/c1-16-11-5-10-7(3-8(13)6-14-10)4-9(11)12(15)17-2/h3-6H,1-2H3. The number of ether oxygens (including phenoxy) is 2. The molecule has 0 aliphatic carbocycles. The highest BCUT2D eigenvalue weighted by Gasteiger charge is 2.14. The summed E-state index contributed by atoms with van der Waals surface area (Å²) in [4.78, 5) is 15.7. The molecule has 0 bridgehead atoms. The van der Waals surface area contributed by atoms with Crippen LogP contribution in [0.5, 0.6) is 5.75 Å². The van der Waals surface area contributed by atoms with Gasteiger partial charge in [-0.05, 0) is 12.1 Å². The van der Waals surface area contributed by atoms with Crippen molar-refractivity contribution in [2.75, 3.05) is 14.2 Å². The Morgan fingerprint density at radius 2 is 2.06 bits per heavy atom. The summed E-state index contributed by atoms with van der Waals surface area (Å²) in [5.74, 6) is -0.0251. The first-order valence-electron chi connectivity index (χ1n) is 4.87. The number of hydrogen-bond donors (Lipinski definition) is 0. The predicted molar refractivity (Wildman–Crippen MR) is 64.6 cm³/mol. The van der Waals surface area contributed by atoms with Gasteiger partial charge in [0.15, 0.2) is 0 Å². The van der Waals surface area contributed by atoms with Gasteiger partial charge in [0.1, 0.15) is 11.3 Å². The summed E-state index contributed by atoms with van der Waals surface area (Å²) < 4.78 is 9.82. The third-order valence-electron chi connectivity index (χ3n) is 2.37. The number of benzene rings is 1. The van der Waals surface area contributed by atoms with Gasteiger partial charge < -0.3 is 9.47 Å². The number of esters is 1. The van der Waals surface area contributed by atoms with Crippen LogP contribution in [0.2, 0.25) is 5.02 Å². The van der Waals surface area contributed by atoms with Crippen LogP contribution >= 0.6 is 11.6 Å². The second-order valence-corrected chi connectivity index (χ2v) is 3.83. The van der Waals surface area contributed by atoms with Crippen LogP contribution in [0.15, 0.2) is 24.4 Å². The van der Waals surface area contributed by atoms with Crippen LogP contribution in [0.4, 0.5) is 0 Å². The van der Waals surface area contributed by atoms with E-state index in [2.05, 4.69) is 9.72 Å². The Morgan fingerprint density at radius 1 is 1.29 bits per heavy atom. The maximum Gasteiger partial charge on any atom is 0.341 e. The fourth-order valence-corrected chi connectivity index (χ4v) is 1.73. The summed E-state index contributed by atoms with van der Waals surface area (Å²) in [6.07, 6.45) is 1.54. The smallest absolute Gasteiger partial charge is 0.341 e. The number of carbonyl (C=O) groups is 1. The van der Waals surface area contributed by atoms with Crippen molar-refractivity contribution in [3.8, 4) is 5.75 Å². The topological polar surface area (TPSA) is 48.4 Å². The van der Waals surface area contributed by atoms with Crippen LogP contribution in [0.3, 0.4) is 0 Å². The summed E-state index contributed by atoms with van der Waals surface area (Å²) >= 11 is 5.85. The highest BCUT2D eigenvalue weighted by atomic mass is 35.5. The van der Waals surface area contributed by atoms with E-state index in [-0.39, 0.29) is 0 Å². The summed E-state index contributed by atoms with van der Waals surface area (Å²) in [7, 11) is 2.81. The minimum Gasteiger partial charge on any atom is -0.496 e. The van der Waals surface area contributed by atoms with Gasteiger partial charge in [-0.2, -0.15) is 0 Å². The number of rotatable bonds is 2. The van der Waals surface area contributed by atoms with E-state index in [1.807, 2.05) is 0 Å². The van der Waals surface area contributed by atoms with E-state index in [0.717, 1.165) is 5.39 Å². The summed E-state index contributed by atoms with van der Waals surface area (Å²) in [5, 5.41) is 1.28. The second kappa shape index (κ2) is 4.59. The number of methoxy groups -OCH3 is 2. The van der Waals surface area contributed by atoms with Crippen molar-refractivity contribution in [2.24, 2.45) is 0 Å². The highest BCUT2D eigenvalue weighted by molar-refractivity contribution is 6.31. The normalized spacial score (nSPS) is 10.3. The lowest BCUT2D eigenvalue weighted by Gasteiger charge is -2.08. The number of aromatic nitrogens is 1. The van der Waals surface area contributed by atoms with E-state index < -0.39 is 5.97 Å². The molecular weight excluding hydrogens is 242 g/mol. The Kier molecular flexibility index (Phi) is 3.15. The molecule has 0 atom stereocenters. The molecule has 5 heteroatoms. The Balaban J connectivity index is 2.69. The average molecular weight is 252 g/mol. The summed E-state index contributed by atoms with van der Waals surface area (Å²) in [6, 6.07) is 5.06. The van der Waals surface area contributed by atoms with E-state index >= 15 is 0 Å². The molecule has 0 saturated carbocycles. The van der Waals surface area contributed by atoms with E-state index in [1.54, 1.807) is 24.4 Å². The Hall–Kier alpha value is -1.81. The molecule has 17 heavy (non-hydrogen) atoms. The largest absolute Gasteiger partial charge is 0.496 e. The second-order valence-electron chi connectivity index (χ2n) is 3.39. The number of nitrogens with zero attached hydrogens (tertiary/aromatic N) is 1. The fourth-order valence-electron chi connectivity index (χ4n) is 1.57. The molecule has 1 aromatic carbocycles. The molecule has 0 radical (unpaired) electrons. The van der Waals surface area contributed by atoms with Crippen LogP contribution in [0.1, 0.15) is 10.4 Å². The van der Waals surface area contributed by atoms with Gasteiger partial charge in [-0.15, -0.1) is 0 Å². The van der Waals surface area contributed by atoms with Crippen molar-refractivity contribution >= 4 is 28.5 Å². The molecule has 1 aromatic heterocycles. The van der Waals surface area contributed by atoms with Crippen LogP contribution in [0, 0.1) is 0 Å². The number of hydrogen-bond acceptors (Lipinski definition) is 4. The summed E-state index contributed by atoms with van der Waals surface area (Å²) in [6.45, 7) is 0. The molecule has 2 rings (SSSR count). The third-order valence-corrected chi connectivity index (χ3v) is 2.58. The molecular formula is C12H10ClNO3. The van der Waals surface area contributed by atoms with Gasteiger partial charge in [-0.1, -0.05) is 11.6 Å². The third kappa shape index (κ3) is 2.17. The lowest BCUT2D eigenvalue weighted by atomic mass is 10.1. The molecule has 0 aliphatic rings. The molecule has 0 saturated heterocycles. The van der Waals surface area contributed by atoms with Crippen molar-refractivity contribution in [3.05, 3.63) is 35.0 Å². The van der Waals surface area contributed by atoms with Crippen LogP contribution < -0.4 is 4.74 Å². The van der Waals surface area contributed by atoms with E-state index in [4.69, 9.17) is 16.3 Å². The van der Waals surface area contributed by atoms with Gasteiger partial charge in [-0.3, -0.25) is 4.98 Å². The molecule has 0 unspecified atom stereocenters. The molecule has 88 valence electrons. The molecule has 0 N–H and O–H groups in total. The Labute approximate surface area is 103 Å².